The van der Waals surface area contributed by atoms with Crippen LogP contribution in [-0.2, 0) is 0 Å². The Labute approximate surface area is 184 Å². The van der Waals surface area contributed by atoms with Gasteiger partial charge in [-0.3, -0.25) is 9.69 Å². The Morgan fingerprint density at radius 3 is 2.62 bits per heavy atom. The molecule has 1 fully saturated rings. The van der Waals surface area contributed by atoms with Crippen LogP contribution >= 0.6 is 27.3 Å². The average Bonchev–Trinajstić information content (AvgIpc) is 3.35. The van der Waals surface area contributed by atoms with E-state index in [2.05, 4.69) is 70.3 Å². The molecule has 6 heteroatoms. The number of carbonyl (C=O) groups excluding carboxylic acids is 1. The van der Waals surface area contributed by atoms with Crippen molar-refractivity contribution in [3.63, 3.8) is 0 Å². The number of thiophene rings is 1. The number of hydrogen-bond acceptors (Lipinski definition) is 4. The topological polar surface area (TPSA) is 45.5 Å². The third kappa shape index (κ3) is 4.65. The molecule has 1 saturated heterocycles. The molecule has 0 unspecified atom stereocenters. The first kappa shape index (κ1) is 20.4. The summed E-state index contributed by atoms with van der Waals surface area (Å²) >= 11 is 5.17. The van der Waals surface area contributed by atoms with Crippen molar-refractivity contribution in [1.29, 1.82) is 0 Å². The predicted molar refractivity (Wildman–Crippen MR) is 122 cm³/mol. The largest absolute Gasteiger partial charge is 0.459 e. The summed E-state index contributed by atoms with van der Waals surface area (Å²) in [4.78, 5) is 16.4. The van der Waals surface area contributed by atoms with Gasteiger partial charge in [0.25, 0.3) is 5.91 Å². The van der Waals surface area contributed by atoms with E-state index in [4.69, 9.17) is 4.42 Å². The van der Waals surface area contributed by atoms with Gasteiger partial charge in [-0.2, -0.15) is 0 Å². The number of rotatable bonds is 5. The Morgan fingerprint density at radius 2 is 1.97 bits per heavy atom. The van der Waals surface area contributed by atoms with E-state index >= 15 is 0 Å². The Balaban J connectivity index is 1.70. The van der Waals surface area contributed by atoms with E-state index in [-0.39, 0.29) is 11.9 Å². The lowest BCUT2D eigenvalue weighted by atomic mass is 9.93. The van der Waals surface area contributed by atoms with Gasteiger partial charge in [0.15, 0.2) is 5.76 Å². The molecule has 0 bridgehead atoms. The molecule has 1 aromatic carbocycles. The maximum Gasteiger partial charge on any atom is 0.291 e. The van der Waals surface area contributed by atoms with Gasteiger partial charge >= 0.3 is 0 Å². The second kappa shape index (κ2) is 8.86. The van der Waals surface area contributed by atoms with Crippen molar-refractivity contribution in [3.05, 3.63) is 75.0 Å². The molecule has 0 radical (unpaired) electrons. The van der Waals surface area contributed by atoms with Crippen molar-refractivity contribution >= 4 is 38.2 Å². The van der Waals surface area contributed by atoms with Crippen LogP contribution in [0.3, 0.4) is 0 Å². The van der Waals surface area contributed by atoms with Gasteiger partial charge in [-0.15, -0.1) is 11.3 Å². The molecule has 1 amide bonds. The number of nitrogens with zero attached hydrogens (tertiary/aromatic N) is 1. The Kier molecular flexibility index (Phi) is 6.23. The number of benzene rings is 1. The number of likely N-dealkylation sites (tertiary alicyclic amines) is 1. The number of anilines is 1. The number of nitrogens with one attached hydrogen (secondary N) is 1. The smallest absolute Gasteiger partial charge is 0.291 e. The second-order valence-corrected chi connectivity index (χ2v) is 9.92. The van der Waals surface area contributed by atoms with Crippen LogP contribution in [0.15, 0.2) is 57.6 Å². The summed E-state index contributed by atoms with van der Waals surface area (Å²) in [5.41, 5.74) is 2.40. The van der Waals surface area contributed by atoms with Gasteiger partial charge in [0.1, 0.15) is 5.00 Å². The number of aryl methyl sites for hydroxylation is 1. The second-order valence-electron chi connectivity index (χ2n) is 7.75. The minimum absolute atomic E-state index is 0.118. The maximum atomic E-state index is 12.6. The summed E-state index contributed by atoms with van der Waals surface area (Å²) in [7, 11) is 0. The van der Waals surface area contributed by atoms with E-state index in [1.165, 1.54) is 29.5 Å². The van der Waals surface area contributed by atoms with E-state index in [1.807, 2.05) is 0 Å². The molecular weight excluding hydrogens is 448 g/mol. The maximum absolute atomic E-state index is 12.6. The number of furan rings is 1. The highest BCUT2D eigenvalue weighted by Crippen LogP contribution is 2.40. The van der Waals surface area contributed by atoms with Crippen LogP contribution in [0.25, 0.3) is 0 Å². The highest BCUT2D eigenvalue weighted by atomic mass is 79.9. The summed E-state index contributed by atoms with van der Waals surface area (Å²) in [6, 6.07) is 14.3. The van der Waals surface area contributed by atoms with E-state index in [9.17, 15) is 4.79 Å². The molecule has 3 aromatic rings. The fourth-order valence-corrected chi connectivity index (χ4v) is 5.13. The summed E-state index contributed by atoms with van der Waals surface area (Å²) in [5, 5.41) is 3.99. The molecule has 3 heterocycles. The van der Waals surface area contributed by atoms with Gasteiger partial charge in [0.2, 0.25) is 0 Å². The molecule has 1 N–H and O–H groups in total. The van der Waals surface area contributed by atoms with E-state index in [1.54, 1.807) is 23.5 Å². The lowest BCUT2D eigenvalue weighted by molar-refractivity contribution is 0.0996. The van der Waals surface area contributed by atoms with Crippen molar-refractivity contribution in [2.75, 3.05) is 18.4 Å². The predicted octanol–water partition coefficient (Wildman–Crippen LogP) is 6.49. The molecule has 152 valence electrons. The minimum Gasteiger partial charge on any atom is -0.459 e. The molecule has 0 spiro atoms. The zero-order valence-corrected chi connectivity index (χ0v) is 19.1. The standard InChI is InChI=1S/C23H25BrN2O2S/c1-15-9-11-26(12-10-15)21(17-5-7-18(24)8-6-17)19-14-16(2)29-23(19)25-22(27)20-4-3-13-28-20/h3-8,13-15,21H,9-12H2,1-2H3,(H,25,27)/t21-/m0/s1. The summed E-state index contributed by atoms with van der Waals surface area (Å²) < 4.78 is 6.35. The lowest BCUT2D eigenvalue weighted by Crippen LogP contribution is -2.37. The van der Waals surface area contributed by atoms with E-state index in [0.717, 1.165) is 34.0 Å². The number of halogens is 1. The molecule has 29 heavy (non-hydrogen) atoms. The Hall–Kier alpha value is -1.89. The minimum atomic E-state index is -0.208. The average molecular weight is 473 g/mol. The lowest BCUT2D eigenvalue weighted by Gasteiger charge is -2.37. The fraction of sp³-hybridized carbons (Fsp3) is 0.348. The first-order valence-electron chi connectivity index (χ1n) is 9.96. The fourth-order valence-electron chi connectivity index (χ4n) is 3.93. The molecule has 0 aliphatic carbocycles. The quantitative estimate of drug-likeness (QED) is 0.461. The summed E-state index contributed by atoms with van der Waals surface area (Å²) in [5.74, 6) is 0.882. The molecular formula is C23H25BrN2O2S. The third-order valence-corrected chi connectivity index (χ3v) is 7.03. The molecule has 2 aromatic heterocycles. The van der Waals surface area contributed by atoms with E-state index in [0.29, 0.717) is 5.76 Å². The van der Waals surface area contributed by atoms with Crippen LogP contribution in [0.4, 0.5) is 5.00 Å². The van der Waals surface area contributed by atoms with Gasteiger partial charge in [-0.1, -0.05) is 35.0 Å². The Bertz CT molecular complexity index is 957. The molecule has 4 rings (SSSR count). The normalized spacial score (nSPS) is 16.7. The van der Waals surface area contributed by atoms with Crippen molar-refractivity contribution in [2.24, 2.45) is 5.92 Å². The summed E-state index contributed by atoms with van der Waals surface area (Å²) in [6.45, 7) is 6.54. The van der Waals surface area contributed by atoms with Gasteiger partial charge < -0.3 is 9.73 Å². The van der Waals surface area contributed by atoms with Crippen LogP contribution in [0, 0.1) is 12.8 Å². The van der Waals surface area contributed by atoms with Crippen LogP contribution in [0.2, 0.25) is 0 Å². The molecule has 0 saturated carbocycles. The van der Waals surface area contributed by atoms with Gasteiger partial charge in [0.05, 0.1) is 12.3 Å². The number of hydrogen-bond donors (Lipinski definition) is 1. The zero-order valence-electron chi connectivity index (χ0n) is 16.7. The first-order chi connectivity index (χ1) is 14.0. The molecule has 1 aliphatic heterocycles. The van der Waals surface area contributed by atoms with Crippen molar-refractivity contribution in [3.8, 4) is 0 Å². The zero-order chi connectivity index (χ0) is 20.4. The molecule has 1 aliphatic rings. The summed E-state index contributed by atoms with van der Waals surface area (Å²) in [6.07, 6.45) is 3.92. The van der Waals surface area contributed by atoms with Gasteiger partial charge in [-0.25, -0.2) is 0 Å². The van der Waals surface area contributed by atoms with Crippen LogP contribution < -0.4 is 5.32 Å². The molecule has 1 atom stereocenters. The van der Waals surface area contributed by atoms with Crippen molar-refractivity contribution < 1.29 is 9.21 Å². The first-order valence-corrected chi connectivity index (χ1v) is 11.6. The van der Waals surface area contributed by atoms with Crippen LogP contribution in [-0.4, -0.2) is 23.9 Å². The monoisotopic (exact) mass is 472 g/mol. The van der Waals surface area contributed by atoms with E-state index < -0.39 is 0 Å². The SMILES string of the molecule is Cc1cc([C@H](c2ccc(Br)cc2)N2CCC(C)CC2)c(NC(=O)c2ccco2)s1. The van der Waals surface area contributed by atoms with Gasteiger partial charge in [-0.05, 0) is 74.7 Å². The highest BCUT2D eigenvalue weighted by molar-refractivity contribution is 9.10. The number of piperidine rings is 1. The van der Waals surface area contributed by atoms with Crippen LogP contribution in [0.5, 0.6) is 0 Å². The van der Waals surface area contributed by atoms with Crippen molar-refractivity contribution in [1.82, 2.24) is 4.90 Å². The van der Waals surface area contributed by atoms with Crippen molar-refractivity contribution in [2.45, 2.75) is 32.7 Å². The Morgan fingerprint density at radius 1 is 1.24 bits per heavy atom. The number of carbonyl (C=O) groups is 1. The third-order valence-electron chi connectivity index (χ3n) is 5.52. The highest BCUT2D eigenvalue weighted by Gasteiger charge is 2.29. The number of amides is 1. The molecule has 4 nitrogen and oxygen atoms in total. The van der Waals surface area contributed by atoms with Crippen LogP contribution in [0.1, 0.15) is 52.4 Å². The van der Waals surface area contributed by atoms with Gasteiger partial charge in [0, 0.05) is 14.9 Å².